The number of nitrogens with one attached hydrogen (secondary N) is 1. The van der Waals surface area contributed by atoms with E-state index < -0.39 is 5.41 Å². The fourth-order valence-electron chi connectivity index (χ4n) is 3.36. The molecule has 1 aliphatic carbocycles. The average Bonchev–Trinajstić information content (AvgIpc) is 3.20. The van der Waals surface area contributed by atoms with E-state index in [1.165, 1.54) is 0 Å². The summed E-state index contributed by atoms with van der Waals surface area (Å²) in [5.74, 6) is 5.95. The molecule has 1 aromatic heterocycles. The van der Waals surface area contributed by atoms with Crippen LogP contribution < -0.4 is 5.32 Å². The summed E-state index contributed by atoms with van der Waals surface area (Å²) in [6, 6.07) is 11.4. The van der Waals surface area contributed by atoms with Crippen molar-refractivity contribution in [3.05, 3.63) is 58.4 Å². The number of fused-ring (bicyclic) bond motifs is 2. The van der Waals surface area contributed by atoms with E-state index in [4.69, 9.17) is 11.6 Å². The molecule has 108 valence electrons. The van der Waals surface area contributed by atoms with Gasteiger partial charge in [0, 0.05) is 22.3 Å². The van der Waals surface area contributed by atoms with Crippen LogP contribution in [-0.2, 0) is 10.2 Å². The van der Waals surface area contributed by atoms with E-state index in [-0.39, 0.29) is 11.8 Å². The smallest absolute Gasteiger partial charge is 0.235 e. The first kappa shape index (κ1) is 13.4. The van der Waals surface area contributed by atoms with Crippen molar-refractivity contribution in [3.63, 3.8) is 0 Å². The Morgan fingerprint density at radius 2 is 2.23 bits per heavy atom. The van der Waals surface area contributed by atoms with Gasteiger partial charge in [0.1, 0.15) is 5.69 Å². The predicted molar refractivity (Wildman–Crippen MR) is 85.9 cm³/mol. The molecule has 0 bridgehead atoms. The summed E-state index contributed by atoms with van der Waals surface area (Å²) < 4.78 is 0. The maximum atomic E-state index is 12.5. The number of carbonyl (C=O) groups excluding carboxylic acids is 1. The fraction of sp³-hybridized carbons (Fsp3) is 0.222. The van der Waals surface area contributed by atoms with Gasteiger partial charge in [0.2, 0.25) is 5.91 Å². The Hall–Kier alpha value is -2.31. The summed E-state index contributed by atoms with van der Waals surface area (Å²) in [6.45, 7) is 1.79. The zero-order chi connectivity index (χ0) is 15.3. The van der Waals surface area contributed by atoms with Crippen LogP contribution in [0.25, 0.3) is 0 Å². The van der Waals surface area contributed by atoms with Crippen LogP contribution in [-0.4, -0.2) is 10.9 Å². The molecule has 2 heterocycles. The van der Waals surface area contributed by atoms with Crippen molar-refractivity contribution in [1.29, 1.82) is 0 Å². The molecule has 1 aromatic carbocycles. The molecule has 1 aliphatic heterocycles. The van der Waals surface area contributed by atoms with Crippen LogP contribution in [0, 0.1) is 11.8 Å². The van der Waals surface area contributed by atoms with Crippen molar-refractivity contribution in [2.24, 2.45) is 0 Å². The second-order valence-electron chi connectivity index (χ2n) is 5.69. The van der Waals surface area contributed by atoms with Crippen LogP contribution in [0.4, 0.5) is 5.69 Å². The Bertz CT molecular complexity index is 865. The Morgan fingerprint density at radius 3 is 3.05 bits per heavy atom. The molecule has 4 heteroatoms. The third-order valence-corrected chi connectivity index (χ3v) is 4.69. The molecule has 1 saturated carbocycles. The number of pyridine rings is 1. The number of hydrogen-bond acceptors (Lipinski definition) is 2. The second kappa shape index (κ2) is 4.59. The van der Waals surface area contributed by atoms with Crippen molar-refractivity contribution >= 4 is 23.2 Å². The maximum Gasteiger partial charge on any atom is 0.235 e. The van der Waals surface area contributed by atoms with Gasteiger partial charge < -0.3 is 5.32 Å². The lowest BCUT2D eigenvalue weighted by atomic mass is 9.93. The molecule has 1 spiro atoms. The van der Waals surface area contributed by atoms with E-state index in [2.05, 4.69) is 22.1 Å². The Labute approximate surface area is 133 Å². The van der Waals surface area contributed by atoms with Gasteiger partial charge in [-0.1, -0.05) is 23.6 Å². The van der Waals surface area contributed by atoms with E-state index in [0.717, 1.165) is 29.1 Å². The molecular weight excluding hydrogens is 296 g/mol. The molecule has 0 radical (unpaired) electrons. The van der Waals surface area contributed by atoms with E-state index in [9.17, 15) is 4.79 Å². The molecule has 4 rings (SSSR count). The highest BCUT2D eigenvalue weighted by molar-refractivity contribution is 6.31. The molecule has 1 amide bonds. The molecule has 1 fully saturated rings. The molecule has 2 aliphatic rings. The number of amides is 1. The van der Waals surface area contributed by atoms with Gasteiger partial charge in [0.25, 0.3) is 0 Å². The van der Waals surface area contributed by atoms with Crippen molar-refractivity contribution in [2.45, 2.75) is 24.7 Å². The van der Waals surface area contributed by atoms with Gasteiger partial charge in [-0.15, -0.1) is 0 Å². The average molecular weight is 309 g/mol. The lowest BCUT2D eigenvalue weighted by Gasteiger charge is -2.08. The number of anilines is 1. The number of aromatic nitrogens is 1. The third kappa shape index (κ3) is 1.77. The second-order valence-corrected chi connectivity index (χ2v) is 6.13. The number of benzene rings is 1. The van der Waals surface area contributed by atoms with Gasteiger partial charge >= 0.3 is 0 Å². The maximum absolute atomic E-state index is 12.5. The largest absolute Gasteiger partial charge is 0.325 e. The summed E-state index contributed by atoms with van der Waals surface area (Å²) in [4.78, 5) is 17.1. The van der Waals surface area contributed by atoms with Crippen LogP contribution >= 0.6 is 11.6 Å². The minimum atomic E-state index is -0.508. The lowest BCUT2D eigenvalue weighted by molar-refractivity contribution is -0.118. The minimum Gasteiger partial charge on any atom is -0.325 e. The number of carbonyl (C=O) groups is 1. The zero-order valence-electron chi connectivity index (χ0n) is 12.0. The van der Waals surface area contributed by atoms with Gasteiger partial charge in [-0.3, -0.25) is 4.79 Å². The van der Waals surface area contributed by atoms with E-state index in [0.29, 0.717) is 5.02 Å². The van der Waals surface area contributed by atoms with Crippen molar-refractivity contribution in [2.75, 3.05) is 5.32 Å². The quantitative estimate of drug-likeness (QED) is 0.820. The molecule has 0 unspecified atom stereocenters. The van der Waals surface area contributed by atoms with Crippen LogP contribution in [0.5, 0.6) is 0 Å². The number of nitrogens with zero attached hydrogens (tertiary/aromatic N) is 1. The number of halogens is 1. The summed E-state index contributed by atoms with van der Waals surface area (Å²) in [6.07, 6.45) is 0.766. The molecule has 2 atom stereocenters. The topological polar surface area (TPSA) is 42.0 Å². The SMILES string of the molecule is CC#Cc1cccc([C@H]2C[C@]23C(=O)Nc2ccc(Cl)cc23)n1. The van der Waals surface area contributed by atoms with E-state index >= 15 is 0 Å². The predicted octanol–water partition coefficient (Wildman–Crippen LogP) is 3.48. The standard InChI is InChI=1S/C18H13ClN2O/c1-2-4-12-5-3-6-15(20-12)14-10-18(14)13-9-11(19)7-8-16(13)21-17(18)22/h3,5-9,14H,10H2,1H3,(H,21,22)/t14-,18-/m1/s1. The van der Waals surface area contributed by atoms with Gasteiger partial charge in [-0.2, -0.15) is 0 Å². The van der Waals surface area contributed by atoms with E-state index in [1.807, 2.05) is 30.3 Å². The highest BCUT2D eigenvalue weighted by atomic mass is 35.5. The van der Waals surface area contributed by atoms with Crippen molar-refractivity contribution < 1.29 is 4.79 Å². The first-order valence-electron chi connectivity index (χ1n) is 7.16. The first-order valence-corrected chi connectivity index (χ1v) is 7.54. The Morgan fingerprint density at radius 1 is 1.36 bits per heavy atom. The first-order chi connectivity index (χ1) is 10.6. The van der Waals surface area contributed by atoms with Crippen LogP contribution in [0.3, 0.4) is 0 Å². The molecule has 22 heavy (non-hydrogen) atoms. The van der Waals surface area contributed by atoms with Crippen molar-refractivity contribution in [3.8, 4) is 11.8 Å². The van der Waals surface area contributed by atoms with Crippen LogP contribution in [0.15, 0.2) is 36.4 Å². The van der Waals surface area contributed by atoms with Gasteiger partial charge in [-0.05, 0) is 55.2 Å². The summed E-state index contributed by atoms with van der Waals surface area (Å²) in [5, 5.41) is 3.62. The monoisotopic (exact) mass is 308 g/mol. The normalized spacial score (nSPS) is 24.5. The van der Waals surface area contributed by atoms with Crippen LogP contribution in [0.2, 0.25) is 5.02 Å². The molecule has 3 nitrogen and oxygen atoms in total. The zero-order valence-corrected chi connectivity index (χ0v) is 12.7. The van der Waals surface area contributed by atoms with Crippen LogP contribution in [0.1, 0.15) is 36.2 Å². The summed E-state index contributed by atoms with van der Waals surface area (Å²) >= 11 is 6.11. The Balaban J connectivity index is 1.77. The Kier molecular flexibility index (Phi) is 2.79. The summed E-state index contributed by atoms with van der Waals surface area (Å²) in [5.41, 5.74) is 3.01. The number of hydrogen-bond donors (Lipinski definition) is 1. The van der Waals surface area contributed by atoms with E-state index in [1.54, 1.807) is 13.0 Å². The number of rotatable bonds is 1. The van der Waals surface area contributed by atoms with Gasteiger partial charge in [0.05, 0.1) is 5.41 Å². The summed E-state index contributed by atoms with van der Waals surface area (Å²) in [7, 11) is 0. The minimum absolute atomic E-state index is 0.0449. The fourth-order valence-corrected chi connectivity index (χ4v) is 3.53. The molecule has 2 aromatic rings. The highest BCUT2D eigenvalue weighted by Crippen LogP contribution is 2.64. The molecule has 1 N–H and O–H groups in total. The van der Waals surface area contributed by atoms with Gasteiger partial charge in [0.15, 0.2) is 0 Å². The lowest BCUT2D eigenvalue weighted by Crippen LogP contribution is -2.21. The van der Waals surface area contributed by atoms with Gasteiger partial charge in [-0.25, -0.2) is 4.98 Å². The third-order valence-electron chi connectivity index (χ3n) is 4.46. The van der Waals surface area contributed by atoms with Crippen molar-refractivity contribution in [1.82, 2.24) is 4.98 Å². The molecular formula is C18H13ClN2O. The molecule has 0 saturated heterocycles. The highest BCUT2D eigenvalue weighted by Gasteiger charge is 2.65.